The summed E-state index contributed by atoms with van der Waals surface area (Å²) in [6, 6.07) is 1.51. The maximum atomic E-state index is 13.9. The second kappa shape index (κ2) is 6.77. The molecule has 0 amide bonds. The lowest BCUT2D eigenvalue weighted by atomic mass is 10.1. The molecular weight excluding hydrogens is 399 g/mol. The van der Waals surface area contributed by atoms with Crippen molar-refractivity contribution in [2.24, 2.45) is 0 Å². The molecule has 2 heterocycles. The van der Waals surface area contributed by atoms with Crippen molar-refractivity contribution in [1.82, 2.24) is 14.6 Å². The number of aromatic nitrogens is 3. The number of nitrogens with zero attached hydrogens (tertiary/aromatic N) is 3. The molecule has 0 aliphatic rings. The predicted octanol–water partition coefficient (Wildman–Crippen LogP) is 3.97. The van der Waals surface area contributed by atoms with Gasteiger partial charge in [0.2, 0.25) is 0 Å². The van der Waals surface area contributed by atoms with Gasteiger partial charge in [0.25, 0.3) is 0 Å². The molecule has 5 nitrogen and oxygen atoms in total. The number of carbonyl (C=O) groups excluding carboxylic acids is 1. The molecule has 12 heteroatoms. The van der Waals surface area contributed by atoms with E-state index in [1.807, 2.05) is 0 Å². The maximum absolute atomic E-state index is 13.9. The smallest absolute Gasteiger partial charge is 0.422 e. The number of hydrogen-bond donors (Lipinski definition) is 0. The van der Waals surface area contributed by atoms with E-state index in [2.05, 4.69) is 14.8 Å². The van der Waals surface area contributed by atoms with E-state index in [0.717, 1.165) is 0 Å². The highest BCUT2D eigenvalue weighted by molar-refractivity contribution is 5.97. The van der Waals surface area contributed by atoms with Gasteiger partial charge in [0.15, 0.2) is 28.9 Å². The third kappa shape index (κ3) is 3.14. The minimum absolute atomic E-state index is 0.0377. The molecule has 0 atom stereocenters. The quantitative estimate of drug-likeness (QED) is 0.375. The van der Waals surface area contributed by atoms with Crippen LogP contribution in [0.1, 0.15) is 27.2 Å². The van der Waals surface area contributed by atoms with Crippen LogP contribution < -0.4 is 0 Å². The summed E-state index contributed by atoms with van der Waals surface area (Å²) in [5.41, 5.74) is -4.22. The molecule has 28 heavy (non-hydrogen) atoms. The highest BCUT2D eigenvalue weighted by atomic mass is 19.4. The van der Waals surface area contributed by atoms with Crippen LogP contribution in [0.4, 0.5) is 30.7 Å². The fourth-order valence-corrected chi connectivity index (χ4v) is 2.50. The van der Waals surface area contributed by atoms with Crippen molar-refractivity contribution in [2.45, 2.75) is 19.7 Å². The molecule has 0 radical (unpaired) electrons. The summed E-state index contributed by atoms with van der Waals surface area (Å²) in [7, 11) is 0. The number of hydrogen-bond acceptors (Lipinski definition) is 4. The lowest BCUT2D eigenvalue weighted by Crippen LogP contribution is -2.18. The highest BCUT2D eigenvalue weighted by Crippen LogP contribution is 2.37. The Labute approximate surface area is 151 Å². The first-order valence-corrected chi connectivity index (χ1v) is 7.43. The van der Waals surface area contributed by atoms with Crippen LogP contribution in [0, 0.1) is 30.2 Å². The van der Waals surface area contributed by atoms with E-state index >= 15 is 0 Å². The number of carbonyl (C=O) groups is 1. The monoisotopic (exact) mass is 407 g/mol. The average molecular weight is 407 g/mol. The molecule has 148 valence electrons. The lowest BCUT2D eigenvalue weighted by molar-refractivity contribution is -0.143. The minimum Gasteiger partial charge on any atom is -0.457 e. The summed E-state index contributed by atoms with van der Waals surface area (Å²) in [5, 5.41) is 3.95. The molecule has 1 aromatic carbocycles. The van der Waals surface area contributed by atoms with Crippen LogP contribution in [-0.2, 0) is 17.5 Å². The van der Waals surface area contributed by atoms with Crippen molar-refractivity contribution in [3.05, 3.63) is 64.1 Å². The van der Waals surface area contributed by atoms with Gasteiger partial charge in [0.1, 0.15) is 17.7 Å². The first kappa shape index (κ1) is 19.6. The summed E-state index contributed by atoms with van der Waals surface area (Å²) < 4.78 is 98.5. The summed E-state index contributed by atoms with van der Waals surface area (Å²) in [5.74, 6) is -11.1. The van der Waals surface area contributed by atoms with Crippen molar-refractivity contribution < 1.29 is 40.3 Å². The van der Waals surface area contributed by atoms with Crippen LogP contribution in [0.2, 0.25) is 0 Å². The standard InChI is InChI=1S/C16H8F7N3O2/c1-6-8(14-24-3-2-4-26(14)25-6)15(27)28-5-7-10(17)12(19)9(16(21,22)23)13(20)11(7)18/h2-4H,5H2,1H3. The van der Waals surface area contributed by atoms with Crippen molar-refractivity contribution in [3.8, 4) is 0 Å². The molecule has 0 unspecified atom stereocenters. The zero-order valence-corrected chi connectivity index (χ0v) is 13.7. The van der Waals surface area contributed by atoms with Crippen LogP contribution in [-0.4, -0.2) is 20.6 Å². The Morgan fingerprint density at radius 1 is 1.11 bits per heavy atom. The van der Waals surface area contributed by atoms with Gasteiger partial charge in [0.05, 0.1) is 11.3 Å². The normalized spacial score (nSPS) is 11.9. The molecule has 3 aromatic rings. The Morgan fingerprint density at radius 2 is 1.71 bits per heavy atom. The van der Waals surface area contributed by atoms with E-state index in [9.17, 15) is 35.5 Å². The lowest BCUT2D eigenvalue weighted by Gasteiger charge is -2.14. The number of rotatable bonds is 3. The van der Waals surface area contributed by atoms with Gasteiger partial charge in [-0.25, -0.2) is 31.9 Å². The molecule has 0 spiro atoms. The molecule has 3 rings (SSSR count). The number of aryl methyl sites for hydroxylation is 1. The fraction of sp³-hybridized carbons (Fsp3) is 0.188. The number of alkyl halides is 3. The SMILES string of the molecule is Cc1nn2cccnc2c1C(=O)OCc1c(F)c(F)c(C(F)(F)F)c(F)c1F. The van der Waals surface area contributed by atoms with Gasteiger partial charge in [-0.2, -0.15) is 18.3 Å². The molecular formula is C16H8F7N3O2. The van der Waals surface area contributed by atoms with E-state index in [1.54, 1.807) is 0 Å². The number of fused-ring (bicyclic) bond motifs is 1. The molecule has 0 aliphatic heterocycles. The van der Waals surface area contributed by atoms with Gasteiger partial charge in [-0.15, -0.1) is 0 Å². The number of ether oxygens (including phenoxy) is 1. The van der Waals surface area contributed by atoms with Crippen LogP contribution in [0.25, 0.3) is 5.65 Å². The first-order valence-electron chi connectivity index (χ1n) is 7.43. The number of halogens is 7. The van der Waals surface area contributed by atoms with Gasteiger partial charge in [-0.05, 0) is 13.0 Å². The molecule has 0 fully saturated rings. The number of benzene rings is 1. The van der Waals surface area contributed by atoms with Crippen molar-refractivity contribution in [2.75, 3.05) is 0 Å². The van der Waals surface area contributed by atoms with Gasteiger partial charge < -0.3 is 4.74 Å². The van der Waals surface area contributed by atoms with Crippen LogP contribution >= 0.6 is 0 Å². The highest BCUT2D eigenvalue weighted by Gasteiger charge is 2.42. The summed E-state index contributed by atoms with van der Waals surface area (Å²) in [6.07, 6.45) is -2.88. The zero-order valence-electron chi connectivity index (χ0n) is 13.7. The van der Waals surface area contributed by atoms with Crippen LogP contribution in [0.3, 0.4) is 0 Å². The third-order valence-electron chi connectivity index (χ3n) is 3.76. The molecule has 0 saturated heterocycles. The van der Waals surface area contributed by atoms with Crippen LogP contribution in [0.15, 0.2) is 18.5 Å². The van der Waals surface area contributed by atoms with Crippen molar-refractivity contribution >= 4 is 11.6 Å². The Hall–Kier alpha value is -3.18. The van der Waals surface area contributed by atoms with E-state index in [0.29, 0.717) is 0 Å². The zero-order chi connectivity index (χ0) is 20.8. The molecule has 0 bridgehead atoms. The summed E-state index contributed by atoms with van der Waals surface area (Å²) in [6.45, 7) is 0.0516. The molecule has 2 aromatic heterocycles. The Balaban J connectivity index is 1.95. The minimum atomic E-state index is -5.66. The third-order valence-corrected chi connectivity index (χ3v) is 3.76. The van der Waals surface area contributed by atoms with E-state index in [4.69, 9.17) is 0 Å². The first-order chi connectivity index (χ1) is 13.0. The van der Waals surface area contributed by atoms with E-state index in [1.165, 1.54) is 29.9 Å². The van der Waals surface area contributed by atoms with Crippen LogP contribution in [0.5, 0.6) is 0 Å². The molecule has 0 saturated carbocycles. The maximum Gasteiger partial charge on any atom is 0.422 e. The van der Waals surface area contributed by atoms with Gasteiger partial charge >= 0.3 is 12.1 Å². The van der Waals surface area contributed by atoms with Crippen molar-refractivity contribution in [3.63, 3.8) is 0 Å². The molecule has 0 N–H and O–H groups in total. The Bertz CT molecular complexity index is 1060. The van der Waals surface area contributed by atoms with E-state index < -0.39 is 53.1 Å². The number of esters is 1. The Kier molecular flexibility index (Phi) is 4.73. The predicted molar refractivity (Wildman–Crippen MR) is 78.1 cm³/mol. The molecule has 0 aliphatic carbocycles. The second-order valence-electron chi connectivity index (χ2n) is 5.53. The second-order valence-corrected chi connectivity index (χ2v) is 5.53. The Morgan fingerprint density at radius 3 is 2.29 bits per heavy atom. The van der Waals surface area contributed by atoms with Gasteiger partial charge in [0, 0.05) is 12.4 Å². The largest absolute Gasteiger partial charge is 0.457 e. The average Bonchev–Trinajstić information content (AvgIpc) is 2.94. The topological polar surface area (TPSA) is 56.5 Å². The van der Waals surface area contributed by atoms with Gasteiger partial charge in [-0.1, -0.05) is 0 Å². The van der Waals surface area contributed by atoms with E-state index in [-0.39, 0.29) is 16.9 Å². The summed E-state index contributed by atoms with van der Waals surface area (Å²) >= 11 is 0. The summed E-state index contributed by atoms with van der Waals surface area (Å²) in [4.78, 5) is 16.1. The van der Waals surface area contributed by atoms with Crippen molar-refractivity contribution in [1.29, 1.82) is 0 Å². The van der Waals surface area contributed by atoms with Gasteiger partial charge in [-0.3, -0.25) is 0 Å². The fourth-order valence-electron chi connectivity index (χ4n) is 2.50.